The quantitative estimate of drug-likeness (QED) is 0.811. The number of sulfone groups is 1. The Morgan fingerprint density at radius 1 is 1.12 bits per heavy atom. The molecule has 0 saturated heterocycles. The first-order valence-corrected chi connectivity index (χ1v) is 9.68. The molecule has 1 atom stereocenters. The fraction of sp³-hybridized carbons (Fsp3) is 0.235. The summed E-state index contributed by atoms with van der Waals surface area (Å²) in [4.78, 5) is 13.3. The second kappa shape index (κ2) is 7.79. The average Bonchev–Trinajstić information content (AvgIpc) is 2.49. The molecule has 0 radical (unpaired) electrons. The molecule has 0 aliphatic rings. The predicted molar refractivity (Wildman–Crippen MR) is 95.1 cm³/mol. The first kappa shape index (κ1) is 18.4. The number of benzene rings is 2. The number of carbonyl (C=O) groups excluding carboxylic acids is 1. The largest absolute Gasteiger partial charge is 0.326 e. The molecule has 0 heterocycles. The van der Waals surface area contributed by atoms with E-state index >= 15 is 0 Å². The van der Waals surface area contributed by atoms with E-state index in [1.54, 1.807) is 18.2 Å². The molecule has 1 unspecified atom stereocenters. The third-order valence-electron chi connectivity index (χ3n) is 3.47. The molecule has 0 saturated carbocycles. The van der Waals surface area contributed by atoms with Crippen molar-refractivity contribution in [3.8, 4) is 0 Å². The van der Waals surface area contributed by atoms with Crippen molar-refractivity contribution in [2.24, 2.45) is 0 Å². The van der Waals surface area contributed by atoms with Crippen molar-refractivity contribution in [3.05, 3.63) is 59.1 Å². The van der Waals surface area contributed by atoms with Crippen LogP contribution in [0.25, 0.3) is 0 Å². The zero-order valence-electron chi connectivity index (χ0n) is 13.5. The van der Waals surface area contributed by atoms with E-state index in [-0.39, 0.29) is 17.3 Å². The zero-order chi connectivity index (χ0) is 17.7. The summed E-state index contributed by atoms with van der Waals surface area (Å²) < 4.78 is 23.5. The summed E-state index contributed by atoms with van der Waals surface area (Å²) in [5.41, 5.74) is 1.26. The van der Waals surface area contributed by atoms with E-state index in [0.29, 0.717) is 17.3 Å². The lowest BCUT2D eigenvalue weighted by molar-refractivity contribution is -0.885. The number of para-hydroxylation sites is 1. The van der Waals surface area contributed by atoms with Crippen LogP contribution in [-0.2, 0) is 21.2 Å². The second-order valence-corrected chi connectivity index (χ2v) is 8.11. The molecule has 0 aromatic heterocycles. The Bertz CT molecular complexity index is 837. The van der Waals surface area contributed by atoms with Gasteiger partial charge in [-0.25, -0.2) is 8.42 Å². The minimum atomic E-state index is -3.40. The Kier molecular flexibility index (Phi) is 5.99. The Balaban J connectivity index is 2.03. The zero-order valence-corrected chi connectivity index (χ0v) is 15.1. The lowest BCUT2D eigenvalue weighted by Crippen LogP contribution is -3.08. The van der Waals surface area contributed by atoms with Gasteiger partial charge in [-0.1, -0.05) is 41.9 Å². The highest BCUT2D eigenvalue weighted by Gasteiger charge is 2.17. The van der Waals surface area contributed by atoms with Crippen molar-refractivity contribution in [3.63, 3.8) is 0 Å². The van der Waals surface area contributed by atoms with E-state index in [9.17, 15) is 13.2 Å². The maximum atomic E-state index is 12.2. The van der Waals surface area contributed by atoms with Crippen LogP contribution in [-0.4, -0.2) is 34.2 Å². The number of nitrogens with one attached hydrogen (secondary N) is 2. The van der Waals surface area contributed by atoms with Crippen molar-refractivity contribution in [2.75, 3.05) is 25.2 Å². The van der Waals surface area contributed by atoms with Crippen LogP contribution in [0.5, 0.6) is 0 Å². The smallest absolute Gasteiger partial charge is 0.279 e. The van der Waals surface area contributed by atoms with Crippen LogP contribution < -0.4 is 10.2 Å². The molecule has 128 valence electrons. The van der Waals surface area contributed by atoms with Crippen LogP contribution in [0.2, 0.25) is 5.02 Å². The first-order chi connectivity index (χ1) is 11.3. The van der Waals surface area contributed by atoms with Crippen molar-refractivity contribution in [2.45, 2.75) is 11.4 Å². The van der Waals surface area contributed by atoms with E-state index < -0.39 is 9.84 Å². The Morgan fingerprint density at radius 2 is 1.75 bits per heavy atom. The molecular weight excluding hydrogens is 348 g/mol. The van der Waals surface area contributed by atoms with Crippen LogP contribution in [0.3, 0.4) is 0 Å². The summed E-state index contributed by atoms with van der Waals surface area (Å²) in [5.74, 6) is -0.254. The lowest BCUT2D eigenvalue weighted by atomic mass is 10.2. The van der Waals surface area contributed by atoms with Crippen LogP contribution in [0, 0.1) is 0 Å². The fourth-order valence-corrected chi connectivity index (χ4v) is 3.44. The molecule has 0 bridgehead atoms. The third kappa shape index (κ3) is 5.06. The van der Waals surface area contributed by atoms with Crippen LogP contribution in [0.15, 0.2) is 53.4 Å². The summed E-state index contributed by atoms with van der Waals surface area (Å²) in [6.45, 7) is 0.796. The molecule has 2 rings (SSSR count). The van der Waals surface area contributed by atoms with Gasteiger partial charge in [0.2, 0.25) is 0 Å². The molecule has 2 N–H and O–H groups in total. The molecule has 0 aliphatic carbocycles. The van der Waals surface area contributed by atoms with Gasteiger partial charge in [0.05, 0.1) is 17.6 Å². The summed E-state index contributed by atoms with van der Waals surface area (Å²) >= 11 is 6.13. The number of carbonyl (C=O) groups is 1. The van der Waals surface area contributed by atoms with Gasteiger partial charge in [-0.2, -0.15) is 0 Å². The molecular formula is C17H20ClN2O3S+. The summed E-state index contributed by atoms with van der Waals surface area (Å²) in [6.07, 6.45) is 1.12. The average molecular weight is 368 g/mol. The molecule has 5 nitrogen and oxygen atoms in total. The summed E-state index contributed by atoms with van der Waals surface area (Å²) in [6, 6.07) is 13.9. The Hall–Kier alpha value is -1.89. The highest BCUT2D eigenvalue weighted by molar-refractivity contribution is 7.90. The van der Waals surface area contributed by atoms with E-state index in [4.69, 9.17) is 11.6 Å². The number of halogens is 1. The van der Waals surface area contributed by atoms with Gasteiger partial charge >= 0.3 is 0 Å². The van der Waals surface area contributed by atoms with Gasteiger partial charge in [-0.3, -0.25) is 4.79 Å². The second-order valence-electron chi connectivity index (χ2n) is 5.72. The number of hydrogen-bond donors (Lipinski definition) is 2. The molecule has 1 amide bonds. The van der Waals surface area contributed by atoms with E-state index in [0.717, 1.165) is 16.7 Å². The highest BCUT2D eigenvalue weighted by atomic mass is 35.5. The molecule has 7 heteroatoms. The van der Waals surface area contributed by atoms with Crippen LogP contribution >= 0.6 is 11.6 Å². The van der Waals surface area contributed by atoms with Crippen molar-refractivity contribution >= 4 is 33.0 Å². The van der Waals surface area contributed by atoms with Crippen molar-refractivity contribution < 1.29 is 18.1 Å². The van der Waals surface area contributed by atoms with Gasteiger partial charge in [0.1, 0.15) is 6.54 Å². The number of likely N-dealkylation sites (N-methyl/N-ethyl adjacent to an activating group) is 1. The molecule has 0 aliphatic heterocycles. The maximum Gasteiger partial charge on any atom is 0.279 e. The number of quaternary nitrogens is 1. The number of hydrogen-bond acceptors (Lipinski definition) is 3. The SMILES string of the molecule is C[NH+](CC(=O)Nc1ccccc1S(C)(=O)=O)Cc1ccccc1Cl. The summed E-state index contributed by atoms with van der Waals surface area (Å²) in [7, 11) is -1.52. The van der Waals surface area contributed by atoms with Gasteiger partial charge in [0, 0.05) is 16.8 Å². The van der Waals surface area contributed by atoms with Crippen molar-refractivity contribution in [1.82, 2.24) is 0 Å². The predicted octanol–water partition coefficient (Wildman–Crippen LogP) is 1.40. The van der Waals surface area contributed by atoms with Crippen LogP contribution in [0.4, 0.5) is 5.69 Å². The topological polar surface area (TPSA) is 67.7 Å². The minimum Gasteiger partial charge on any atom is -0.326 e. The third-order valence-corrected chi connectivity index (χ3v) is 5.00. The molecule has 2 aromatic carbocycles. The van der Waals surface area contributed by atoms with Gasteiger partial charge in [-0.15, -0.1) is 0 Å². The van der Waals surface area contributed by atoms with Crippen LogP contribution in [0.1, 0.15) is 5.56 Å². The number of rotatable bonds is 6. The van der Waals surface area contributed by atoms with E-state index in [1.165, 1.54) is 6.07 Å². The van der Waals surface area contributed by atoms with Gasteiger partial charge in [0.15, 0.2) is 16.4 Å². The standard InChI is InChI=1S/C17H19ClN2O3S/c1-20(11-13-7-3-4-8-14(13)18)12-17(21)19-15-9-5-6-10-16(15)24(2,22)23/h3-10H,11-12H2,1-2H3,(H,19,21)/p+1. The van der Waals surface area contributed by atoms with Gasteiger partial charge < -0.3 is 10.2 Å². The molecule has 0 spiro atoms. The van der Waals surface area contributed by atoms with Gasteiger partial charge in [0.25, 0.3) is 5.91 Å². The molecule has 2 aromatic rings. The minimum absolute atomic E-state index is 0.113. The molecule has 0 fully saturated rings. The summed E-state index contributed by atoms with van der Waals surface area (Å²) in [5, 5.41) is 3.34. The Morgan fingerprint density at radius 3 is 2.42 bits per heavy atom. The van der Waals surface area contributed by atoms with Gasteiger partial charge in [-0.05, 0) is 18.2 Å². The fourth-order valence-electron chi connectivity index (χ4n) is 2.39. The Labute approximate surface area is 147 Å². The first-order valence-electron chi connectivity index (χ1n) is 7.41. The van der Waals surface area contributed by atoms with E-state index in [1.807, 2.05) is 31.3 Å². The molecule has 24 heavy (non-hydrogen) atoms. The van der Waals surface area contributed by atoms with E-state index in [2.05, 4.69) is 5.32 Å². The normalized spacial score (nSPS) is 12.6. The number of amides is 1. The maximum absolute atomic E-state index is 12.2. The lowest BCUT2D eigenvalue weighted by Gasteiger charge is -2.15. The number of anilines is 1. The highest BCUT2D eigenvalue weighted by Crippen LogP contribution is 2.20. The monoisotopic (exact) mass is 367 g/mol. The van der Waals surface area contributed by atoms with Crippen molar-refractivity contribution in [1.29, 1.82) is 0 Å².